The maximum Gasteiger partial charge on any atom is 0.185 e. The van der Waals surface area contributed by atoms with Gasteiger partial charge in [0.1, 0.15) is 23.9 Å². The smallest absolute Gasteiger partial charge is 0.185 e. The second-order valence-corrected chi connectivity index (χ2v) is 6.40. The first-order valence-electron chi connectivity index (χ1n) is 9.15. The van der Waals surface area contributed by atoms with Crippen molar-refractivity contribution >= 4 is 11.9 Å². The number of hydrogen-bond donors (Lipinski definition) is 1. The average Bonchev–Trinajstić information content (AvgIpc) is 2.77. The molecule has 0 heterocycles. The minimum absolute atomic E-state index is 0.0287. The van der Waals surface area contributed by atoms with E-state index in [0.717, 1.165) is 11.1 Å². The van der Waals surface area contributed by atoms with Gasteiger partial charge in [0.05, 0.1) is 14.2 Å². The molecule has 5 nitrogen and oxygen atoms in total. The predicted octanol–water partition coefficient (Wildman–Crippen LogP) is 5.02. The number of phenolic OH excluding ortho intramolecular Hbond substituents is 1. The van der Waals surface area contributed by atoms with E-state index in [2.05, 4.69) is 0 Å². The summed E-state index contributed by atoms with van der Waals surface area (Å²) in [5, 5.41) is 9.65. The van der Waals surface area contributed by atoms with Crippen LogP contribution < -0.4 is 14.2 Å². The number of allylic oxidation sites excluding steroid dienone is 1. The highest BCUT2D eigenvalue weighted by Gasteiger charge is 2.09. The molecule has 3 aromatic rings. The van der Waals surface area contributed by atoms with Gasteiger partial charge in [0.25, 0.3) is 0 Å². The van der Waals surface area contributed by atoms with Crippen molar-refractivity contribution in [1.82, 2.24) is 0 Å². The summed E-state index contributed by atoms with van der Waals surface area (Å²) in [6, 6.07) is 15.6. The Morgan fingerprint density at radius 3 is 2.40 bits per heavy atom. The van der Waals surface area contributed by atoms with Gasteiger partial charge >= 0.3 is 0 Å². The van der Waals surface area contributed by atoms with Gasteiger partial charge in [0.15, 0.2) is 17.3 Å². The molecule has 0 aliphatic rings. The van der Waals surface area contributed by atoms with E-state index in [1.165, 1.54) is 43.5 Å². The normalized spacial score (nSPS) is 10.8. The van der Waals surface area contributed by atoms with Gasteiger partial charge < -0.3 is 19.3 Å². The molecule has 0 aliphatic heterocycles. The van der Waals surface area contributed by atoms with E-state index in [4.69, 9.17) is 14.2 Å². The largest absolute Gasteiger partial charge is 0.504 e. The molecule has 154 valence electrons. The highest BCUT2D eigenvalue weighted by atomic mass is 19.1. The Morgan fingerprint density at radius 2 is 1.70 bits per heavy atom. The van der Waals surface area contributed by atoms with Crippen LogP contribution in [0.4, 0.5) is 4.39 Å². The zero-order valence-electron chi connectivity index (χ0n) is 16.6. The summed E-state index contributed by atoms with van der Waals surface area (Å²) < 4.78 is 29.1. The first-order chi connectivity index (χ1) is 14.5. The lowest BCUT2D eigenvalue weighted by molar-refractivity contribution is 0.104. The number of phenols is 1. The van der Waals surface area contributed by atoms with Crippen molar-refractivity contribution in [2.45, 2.75) is 6.61 Å². The van der Waals surface area contributed by atoms with Crippen molar-refractivity contribution in [2.24, 2.45) is 0 Å². The molecule has 3 aromatic carbocycles. The van der Waals surface area contributed by atoms with E-state index in [1.54, 1.807) is 31.4 Å². The van der Waals surface area contributed by atoms with Crippen LogP contribution in [0.25, 0.3) is 6.08 Å². The Bertz CT molecular complexity index is 1060. The number of ketones is 1. The van der Waals surface area contributed by atoms with Gasteiger partial charge in [-0.2, -0.15) is 0 Å². The molecule has 0 amide bonds. The van der Waals surface area contributed by atoms with Gasteiger partial charge in [-0.05, 0) is 66.2 Å². The number of rotatable bonds is 8. The Hall–Kier alpha value is -3.80. The fraction of sp³-hybridized carbons (Fsp3) is 0.125. The highest BCUT2D eigenvalue weighted by molar-refractivity contribution is 6.07. The maximum absolute atomic E-state index is 13.0. The molecule has 0 saturated carbocycles. The minimum Gasteiger partial charge on any atom is -0.504 e. The lowest BCUT2D eigenvalue weighted by atomic mass is 10.1. The van der Waals surface area contributed by atoms with Gasteiger partial charge in [0.2, 0.25) is 0 Å². The van der Waals surface area contributed by atoms with Crippen LogP contribution in [0.3, 0.4) is 0 Å². The van der Waals surface area contributed by atoms with Crippen LogP contribution in [0.2, 0.25) is 0 Å². The molecule has 0 saturated heterocycles. The number of benzene rings is 3. The number of aromatic hydroxyl groups is 1. The van der Waals surface area contributed by atoms with Crippen molar-refractivity contribution in [2.75, 3.05) is 14.2 Å². The zero-order chi connectivity index (χ0) is 21.5. The Kier molecular flexibility index (Phi) is 6.70. The Balaban J connectivity index is 1.75. The lowest BCUT2D eigenvalue weighted by Gasteiger charge is -2.11. The van der Waals surface area contributed by atoms with E-state index < -0.39 is 0 Å². The van der Waals surface area contributed by atoms with Crippen LogP contribution in [0, 0.1) is 5.82 Å². The van der Waals surface area contributed by atoms with Gasteiger partial charge in [-0.25, -0.2) is 4.39 Å². The number of halogens is 1. The first kappa shape index (κ1) is 20.9. The van der Waals surface area contributed by atoms with Crippen molar-refractivity contribution in [3.8, 4) is 23.0 Å². The molecular formula is C24H21FO5. The average molecular weight is 408 g/mol. The summed E-state index contributed by atoms with van der Waals surface area (Å²) in [4.78, 5) is 12.4. The third-order valence-electron chi connectivity index (χ3n) is 4.40. The first-order valence-corrected chi connectivity index (χ1v) is 9.15. The molecule has 0 unspecified atom stereocenters. The number of hydrogen-bond acceptors (Lipinski definition) is 5. The van der Waals surface area contributed by atoms with Crippen LogP contribution in [0.15, 0.2) is 66.7 Å². The second-order valence-electron chi connectivity index (χ2n) is 6.40. The molecular weight excluding hydrogens is 387 g/mol. The zero-order valence-corrected chi connectivity index (χ0v) is 16.6. The van der Waals surface area contributed by atoms with E-state index in [0.29, 0.717) is 17.1 Å². The monoisotopic (exact) mass is 408 g/mol. The summed E-state index contributed by atoms with van der Waals surface area (Å²) >= 11 is 0. The van der Waals surface area contributed by atoms with Crippen molar-refractivity contribution in [1.29, 1.82) is 0 Å². The van der Waals surface area contributed by atoms with E-state index >= 15 is 0 Å². The van der Waals surface area contributed by atoms with Crippen molar-refractivity contribution < 1.29 is 28.5 Å². The molecule has 0 aromatic heterocycles. The second kappa shape index (κ2) is 9.60. The standard InChI is InChI=1S/C24H21FO5/c1-28-23-12-4-16(13-18(23)15-30-20-8-6-19(25)7-9-20)3-10-21(26)17-5-11-22(27)24(14-17)29-2/h3-14,27H,15H2,1-2H3/b10-3+. The van der Waals surface area contributed by atoms with Crippen LogP contribution in [-0.2, 0) is 6.61 Å². The molecule has 30 heavy (non-hydrogen) atoms. The highest BCUT2D eigenvalue weighted by Crippen LogP contribution is 2.27. The summed E-state index contributed by atoms with van der Waals surface area (Å²) in [7, 11) is 2.99. The summed E-state index contributed by atoms with van der Waals surface area (Å²) in [6.45, 7) is 0.222. The molecule has 0 bridgehead atoms. The molecule has 1 N–H and O–H groups in total. The van der Waals surface area contributed by atoms with Crippen LogP contribution in [0.5, 0.6) is 23.0 Å². The van der Waals surface area contributed by atoms with E-state index in [9.17, 15) is 14.3 Å². The number of carbonyl (C=O) groups is 1. The van der Waals surface area contributed by atoms with Crippen LogP contribution in [0.1, 0.15) is 21.5 Å². The van der Waals surface area contributed by atoms with Gasteiger partial charge in [0, 0.05) is 11.1 Å². The third-order valence-corrected chi connectivity index (χ3v) is 4.40. The van der Waals surface area contributed by atoms with Crippen molar-refractivity contribution in [3.63, 3.8) is 0 Å². The molecule has 0 spiro atoms. The van der Waals surface area contributed by atoms with Crippen molar-refractivity contribution in [3.05, 3.63) is 89.2 Å². The molecule has 0 radical (unpaired) electrons. The number of methoxy groups -OCH3 is 2. The topological polar surface area (TPSA) is 65.0 Å². The summed E-state index contributed by atoms with van der Waals surface area (Å²) in [6.07, 6.45) is 3.13. The summed E-state index contributed by atoms with van der Waals surface area (Å²) in [5.74, 6) is 0.828. The Morgan fingerprint density at radius 1 is 0.967 bits per heavy atom. The fourth-order valence-corrected chi connectivity index (χ4v) is 2.81. The SMILES string of the molecule is COc1cc(C(=O)/C=C/c2ccc(OC)c(COc3ccc(F)cc3)c2)ccc1O. The minimum atomic E-state index is -0.331. The predicted molar refractivity (Wildman–Crippen MR) is 112 cm³/mol. The number of carbonyl (C=O) groups excluding carboxylic acids is 1. The Labute approximate surface area is 174 Å². The molecule has 3 rings (SSSR count). The van der Waals surface area contributed by atoms with Gasteiger partial charge in [-0.3, -0.25) is 4.79 Å². The molecule has 6 heteroatoms. The molecule has 0 fully saturated rings. The quantitative estimate of drug-likeness (QED) is 0.419. The van der Waals surface area contributed by atoms with Gasteiger partial charge in [-0.15, -0.1) is 0 Å². The van der Waals surface area contributed by atoms with Crippen LogP contribution in [-0.4, -0.2) is 25.1 Å². The van der Waals surface area contributed by atoms with Gasteiger partial charge in [-0.1, -0.05) is 12.1 Å². The van der Waals surface area contributed by atoms with E-state index in [-0.39, 0.29) is 29.7 Å². The lowest BCUT2D eigenvalue weighted by Crippen LogP contribution is -1.99. The molecule has 0 atom stereocenters. The summed E-state index contributed by atoms with van der Waals surface area (Å²) in [5.41, 5.74) is 1.96. The molecule has 0 aliphatic carbocycles. The third kappa shape index (κ3) is 5.17. The number of ether oxygens (including phenoxy) is 3. The van der Waals surface area contributed by atoms with E-state index in [1.807, 2.05) is 12.1 Å². The van der Waals surface area contributed by atoms with Crippen LogP contribution >= 0.6 is 0 Å². The fourth-order valence-electron chi connectivity index (χ4n) is 2.81. The maximum atomic E-state index is 13.0.